The Bertz CT molecular complexity index is 949. The smallest absolute Gasteiger partial charge is 0.306 e. The van der Waals surface area contributed by atoms with E-state index in [0.717, 1.165) is 17.3 Å². The number of hydrogen-bond donors (Lipinski definition) is 1. The monoisotopic (exact) mass is 514 g/mol. The summed E-state index contributed by atoms with van der Waals surface area (Å²) in [5.74, 6) is -0.890. The summed E-state index contributed by atoms with van der Waals surface area (Å²) in [7, 11) is 0. The van der Waals surface area contributed by atoms with Crippen LogP contribution in [0.4, 0.5) is 0 Å². The molecule has 4 rings (SSSR count). The van der Waals surface area contributed by atoms with Gasteiger partial charge in [0.1, 0.15) is 0 Å². The van der Waals surface area contributed by atoms with Crippen LogP contribution in [0.2, 0.25) is 0 Å². The summed E-state index contributed by atoms with van der Waals surface area (Å²) < 4.78 is 6.06. The minimum absolute atomic E-state index is 0.0395. The van der Waals surface area contributed by atoms with Gasteiger partial charge < -0.3 is 9.84 Å². The minimum atomic E-state index is -1.38. The van der Waals surface area contributed by atoms with Crippen molar-refractivity contribution in [2.24, 2.45) is 28.6 Å². The molecule has 1 N–H and O–H groups in total. The van der Waals surface area contributed by atoms with Crippen LogP contribution in [0.1, 0.15) is 59.8 Å². The summed E-state index contributed by atoms with van der Waals surface area (Å²) in [6.45, 7) is 7.64. The molecule has 3 fully saturated rings. The third-order valence-corrected chi connectivity index (χ3v) is 11.2. The second-order valence-electron chi connectivity index (χ2n) is 10.5. The van der Waals surface area contributed by atoms with E-state index in [0.29, 0.717) is 19.3 Å². The minimum Gasteiger partial charge on any atom is -0.449 e. The molecule has 8 heteroatoms. The van der Waals surface area contributed by atoms with Crippen LogP contribution in [0.5, 0.6) is 0 Å². The predicted molar refractivity (Wildman–Crippen MR) is 130 cm³/mol. The second-order valence-corrected chi connectivity index (χ2v) is 12.7. The first-order chi connectivity index (χ1) is 15.4. The Morgan fingerprint density at radius 1 is 1.30 bits per heavy atom. The van der Waals surface area contributed by atoms with Gasteiger partial charge in [-0.1, -0.05) is 51.1 Å². The van der Waals surface area contributed by atoms with Crippen molar-refractivity contribution >= 4 is 51.8 Å². The molecule has 0 saturated heterocycles. The summed E-state index contributed by atoms with van der Waals surface area (Å²) >= 11 is 14.4. The number of aliphatic hydroxyl groups excluding tert-OH is 1. The Balaban J connectivity index is 1.84. The number of allylic oxidation sites excluding steroid dienone is 4. The van der Waals surface area contributed by atoms with Crippen LogP contribution in [0.3, 0.4) is 0 Å². The molecule has 8 atom stereocenters. The van der Waals surface area contributed by atoms with E-state index < -0.39 is 33.4 Å². The highest BCUT2D eigenvalue weighted by Crippen LogP contribution is 2.72. The van der Waals surface area contributed by atoms with Gasteiger partial charge in [0, 0.05) is 23.2 Å². The summed E-state index contributed by atoms with van der Waals surface area (Å²) in [5, 5.41) is 11.5. The van der Waals surface area contributed by atoms with E-state index >= 15 is 0 Å². The van der Waals surface area contributed by atoms with Crippen LogP contribution in [0, 0.1) is 28.6 Å². The number of esters is 1. The molecule has 0 amide bonds. The average molecular weight is 515 g/mol. The van der Waals surface area contributed by atoms with Gasteiger partial charge in [-0.2, -0.15) is 0 Å². The van der Waals surface area contributed by atoms with Crippen molar-refractivity contribution in [2.75, 3.05) is 5.21 Å². The zero-order valence-electron chi connectivity index (χ0n) is 19.5. The van der Waals surface area contributed by atoms with Gasteiger partial charge in [-0.05, 0) is 49.7 Å². The number of carbonyl (C=O) groups is 3. The Morgan fingerprint density at radius 3 is 2.64 bits per heavy atom. The third-order valence-electron chi connectivity index (χ3n) is 9.23. The lowest BCUT2D eigenvalue weighted by Crippen LogP contribution is -2.69. The number of thioether (sulfide) groups is 1. The Hall–Kier alpha value is -0.820. The van der Waals surface area contributed by atoms with Crippen molar-refractivity contribution in [1.29, 1.82) is 0 Å². The molecule has 0 spiro atoms. The zero-order chi connectivity index (χ0) is 24.4. The number of carbonyl (C=O) groups excluding carboxylic acids is 3. The summed E-state index contributed by atoms with van der Waals surface area (Å²) in [5.41, 5.74) is -1.89. The maximum atomic E-state index is 13.6. The van der Waals surface area contributed by atoms with Gasteiger partial charge in [0.15, 0.2) is 11.4 Å². The molecular formula is C25H32Cl2O5S. The van der Waals surface area contributed by atoms with Gasteiger partial charge in [0.25, 0.3) is 0 Å². The highest BCUT2D eigenvalue weighted by molar-refractivity contribution is 8.14. The number of ketones is 1. The van der Waals surface area contributed by atoms with E-state index in [1.54, 1.807) is 19.1 Å². The molecule has 0 aromatic heterocycles. The van der Waals surface area contributed by atoms with Crippen LogP contribution in [0.25, 0.3) is 0 Å². The Morgan fingerprint density at radius 2 is 2.00 bits per heavy atom. The topological polar surface area (TPSA) is 80.7 Å². The first-order valence-electron chi connectivity index (χ1n) is 11.7. The quantitative estimate of drug-likeness (QED) is 0.418. The number of halogens is 2. The molecule has 182 valence electrons. The normalized spacial score (nSPS) is 46.2. The second kappa shape index (κ2) is 8.39. The molecule has 0 heterocycles. The molecule has 0 aromatic carbocycles. The molecule has 4 aliphatic rings. The van der Waals surface area contributed by atoms with Crippen LogP contribution in [-0.2, 0) is 19.1 Å². The molecule has 0 aliphatic heterocycles. The molecule has 3 saturated carbocycles. The van der Waals surface area contributed by atoms with Gasteiger partial charge in [0.2, 0.25) is 5.12 Å². The van der Waals surface area contributed by atoms with Crippen LogP contribution >= 0.6 is 35.0 Å². The van der Waals surface area contributed by atoms with Crippen molar-refractivity contribution in [3.8, 4) is 0 Å². The molecule has 33 heavy (non-hydrogen) atoms. The van der Waals surface area contributed by atoms with Gasteiger partial charge in [0.05, 0.1) is 16.2 Å². The lowest BCUT2D eigenvalue weighted by molar-refractivity contribution is -0.196. The molecule has 4 aliphatic carbocycles. The Labute approximate surface area is 209 Å². The van der Waals surface area contributed by atoms with E-state index in [1.807, 2.05) is 26.8 Å². The largest absolute Gasteiger partial charge is 0.449 e. The standard InChI is InChI=1S/C25H32Cl2O5S/c1-5-20(30)32-25(21(31)33-13-26)14(2)10-18-17-7-6-15-11-16(28)8-9-22(15,3)24(17,27)19(29)12-23(18,25)4/h8-9,11,14,17-19,29H,5-7,10,12-13H2,1-4H3/t14-,17-,18-,19-,22-,23-,24-,25-/m0/s1. The van der Waals surface area contributed by atoms with Crippen molar-refractivity contribution in [2.45, 2.75) is 76.4 Å². The number of hydrogen-bond acceptors (Lipinski definition) is 6. The van der Waals surface area contributed by atoms with Gasteiger partial charge >= 0.3 is 5.97 Å². The van der Waals surface area contributed by atoms with E-state index in [1.165, 1.54) is 0 Å². The molecule has 0 unspecified atom stereocenters. The van der Waals surface area contributed by atoms with E-state index in [9.17, 15) is 19.5 Å². The van der Waals surface area contributed by atoms with Crippen molar-refractivity contribution < 1.29 is 24.2 Å². The molecule has 5 nitrogen and oxygen atoms in total. The van der Waals surface area contributed by atoms with Gasteiger partial charge in [-0.15, -0.1) is 23.2 Å². The first-order valence-corrected chi connectivity index (χ1v) is 13.6. The molecule has 0 aromatic rings. The third kappa shape index (κ3) is 3.19. The van der Waals surface area contributed by atoms with Crippen LogP contribution in [0.15, 0.2) is 23.8 Å². The van der Waals surface area contributed by atoms with Gasteiger partial charge in [-0.3, -0.25) is 14.4 Å². The fourth-order valence-corrected chi connectivity index (χ4v) is 9.24. The maximum Gasteiger partial charge on any atom is 0.306 e. The highest BCUT2D eigenvalue weighted by atomic mass is 35.5. The van der Waals surface area contributed by atoms with Crippen molar-refractivity contribution in [3.05, 3.63) is 23.8 Å². The predicted octanol–water partition coefficient (Wildman–Crippen LogP) is 5.02. The van der Waals surface area contributed by atoms with E-state index in [4.69, 9.17) is 27.9 Å². The molecule has 0 bridgehead atoms. The van der Waals surface area contributed by atoms with Crippen LogP contribution < -0.4 is 0 Å². The lowest BCUT2D eigenvalue weighted by atomic mass is 9.46. The number of fused-ring (bicyclic) bond motifs is 5. The maximum absolute atomic E-state index is 13.6. The molecular weight excluding hydrogens is 483 g/mol. The average Bonchev–Trinajstić information content (AvgIpc) is 2.97. The summed E-state index contributed by atoms with van der Waals surface area (Å²) in [4.78, 5) is 37.2. The van der Waals surface area contributed by atoms with Crippen LogP contribution in [-0.4, -0.2) is 43.8 Å². The first kappa shape index (κ1) is 25.3. The fourth-order valence-electron chi connectivity index (χ4n) is 7.63. The Kier molecular flexibility index (Phi) is 6.43. The van der Waals surface area contributed by atoms with Crippen molar-refractivity contribution in [1.82, 2.24) is 0 Å². The number of alkyl halides is 2. The van der Waals surface area contributed by atoms with E-state index in [-0.39, 0.29) is 46.7 Å². The number of ether oxygens (including phenoxy) is 1. The summed E-state index contributed by atoms with van der Waals surface area (Å²) in [6, 6.07) is 0. The summed E-state index contributed by atoms with van der Waals surface area (Å²) in [6.07, 6.45) is 6.53. The van der Waals surface area contributed by atoms with Gasteiger partial charge in [-0.25, -0.2) is 0 Å². The fraction of sp³-hybridized carbons (Fsp3) is 0.720. The SMILES string of the molecule is CCC(=O)O[C@]1(C(=O)SCCl)[C@@H](C)C[C@H]2[C@@H]3CCC4=CC(=O)C=C[C@]4(C)[C@@]3(Cl)[C@@H](O)C[C@@]21C. The lowest BCUT2D eigenvalue weighted by Gasteiger charge is -2.64. The van der Waals surface area contributed by atoms with E-state index in [2.05, 4.69) is 0 Å². The highest BCUT2D eigenvalue weighted by Gasteiger charge is 2.76. The number of aliphatic hydroxyl groups is 1. The zero-order valence-corrected chi connectivity index (χ0v) is 21.9. The molecule has 0 radical (unpaired) electrons. The number of rotatable bonds is 4. The van der Waals surface area contributed by atoms with Crippen molar-refractivity contribution in [3.63, 3.8) is 0 Å².